The third-order valence-electron chi connectivity index (χ3n) is 4.61. The summed E-state index contributed by atoms with van der Waals surface area (Å²) in [6.07, 6.45) is 5.36. The van der Waals surface area contributed by atoms with E-state index in [4.69, 9.17) is 0 Å². The first-order valence-electron chi connectivity index (χ1n) is 7.91. The number of benzene rings is 1. The Hall–Kier alpha value is -1.35. The lowest BCUT2D eigenvalue weighted by Crippen LogP contribution is -2.38. The number of fused-ring (bicyclic) bond motifs is 1. The van der Waals surface area contributed by atoms with Crippen LogP contribution in [0.4, 0.5) is 0 Å². The number of aryl methyl sites for hydroxylation is 2. The number of rotatable bonds is 4. The summed E-state index contributed by atoms with van der Waals surface area (Å²) >= 11 is 0. The number of likely N-dealkylation sites (tertiary alicyclic amines) is 1. The van der Waals surface area contributed by atoms with Gasteiger partial charge in [-0.25, -0.2) is 4.98 Å². The fourth-order valence-electron chi connectivity index (χ4n) is 3.40. The minimum atomic E-state index is 0.768. The summed E-state index contributed by atoms with van der Waals surface area (Å²) in [4.78, 5) is 7.29. The molecule has 1 fully saturated rings. The summed E-state index contributed by atoms with van der Waals surface area (Å²) in [5.74, 6) is 1.14. The molecule has 0 unspecified atom stereocenters. The van der Waals surface area contributed by atoms with E-state index in [9.17, 15) is 0 Å². The summed E-state index contributed by atoms with van der Waals surface area (Å²) in [5.41, 5.74) is 2.40. The largest absolute Gasteiger partial charge is 0.328 e. The molecule has 1 saturated heterocycles. The highest BCUT2D eigenvalue weighted by Crippen LogP contribution is 2.18. The van der Waals surface area contributed by atoms with E-state index < -0.39 is 0 Å². The Morgan fingerprint density at radius 3 is 2.90 bits per heavy atom. The average molecular weight is 271 g/mol. The van der Waals surface area contributed by atoms with E-state index in [1.807, 2.05) is 0 Å². The van der Waals surface area contributed by atoms with Crippen LogP contribution in [0.5, 0.6) is 0 Å². The molecule has 3 nitrogen and oxygen atoms in total. The molecule has 0 bridgehead atoms. The Bertz CT molecular complexity index is 573. The molecule has 0 radical (unpaired) electrons. The molecule has 0 amide bonds. The number of imidazole rings is 1. The number of nitrogens with zero attached hydrogens (tertiary/aromatic N) is 3. The second kappa shape index (κ2) is 5.96. The zero-order valence-electron chi connectivity index (χ0n) is 12.7. The molecule has 2 heterocycles. The Morgan fingerprint density at radius 1 is 1.20 bits per heavy atom. The molecule has 0 aliphatic carbocycles. The first-order chi connectivity index (χ1) is 9.75. The maximum absolute atomic E-state index is 4.64. The standard InChI is InChI=1S/C17H25N3/c1-14-8-5-6-11-19(14)12-7-13-20-15(2)18-16-9-3-4-10-17(16)20/h3-4,9-10,14H,5-8,11-13H2,1-2H3/t14-/m0/s1. The average Bonchev–Trinajstić information content (AvgIpc) is 2.77. The smallest absolute Gasteiger partial charge is 0.106 e. The Labute approximate surface area is 121 Å². The molecular formula is C17H25N3. The van der Waals surface area contributed by atoms with E-state index in [0.29, 0.717) is 0 Å². The molecule has 1 aliphatic rings. The summed E-state index contributed by atoms with van der Waals surface area (Å²) in [7, 11) is 0. The quantitative estimate of drug-likeness (QED) is 0.847. The van der Waals surface area contributed by atoms with Crippen LogP contribution < -0.4 is 0 Å². The van der Waals surface area contributed by atoms with Gasteiger partial charge in [0.25, 0.3) is 0 Å². The van der Waals surface area contributed by atoms with Crippen LogP contribution in [-0.2, 0) is 6.54 Å². The van der Waals surface area contributed by atoms with Gasteiger partial charge in [-0.05, 0) is 51.8 Å². The summed E-state index contributed by atoms with van der Waals surface area (Å²) in [6.45, 7) is 8.06. The molecular weight excluding hydrogens is 246 g/mol. The van der Waals surface area contributed by atoms with Crippen molar-refractivity contribution in [1.29, 1.82) is 0 Å². The van der Waals surface area contributed by atoms with E-state index in [0.717, 1.165) is 23.9 Å². The first-order valence-corrected chi connectivity index (χ1v) is 7.91. The first kappa shape index (κ1) is 13.6. The van der Waals surface area contributed by atoms with Gasteiger partial charge < -0.3 is 9.47 Å². The van der Waals surface area contributed by atoms with Crippen LogP contribution in [0.25, 0.3) is 11.0 Å². The van der Waals surface area contributed by atoms with Crippen molar-refractivity contribution < 1.29 is 0 Å². The number of para-hydroxylation sites is 2. The van der Waals surface area contributed by atoms with Gasteiger partial charge in [-0.2, -0.15) is 0 Å². The predicted octanol–water partition coefficient (Wildman–Crippen LogP) is 3.61. The molecule has 20 heavy (non-hydrogen) atoms. The topological polar surface area (TPSA) is 21.1 Å². The third kappa shape index (κ3) is 2.73. The van der Waals surface area contributed by atoms with Gasteiger partial charge in [-0.15, -0.1) is 0 Å². The van der Waals surface area contributed by atoms with E-state index >= 15 is 0 Å². The molecule has 1 atom stereocenters. The van der Waals surface area contributed by atoms with Gasteiger partial charge in [0.15, 0.2) is 0 Å². The van der Waals surface area contributed by atoms with Crippen molar-refractivity contribution in [2.24, 2.45) is 0 Å². The molecule has 3 rings (SSSR count). The highest BCUT2D eigenvalue weighted by molar-refractivity contribution is 5.75. The lowest BCUT2D eigenvalue weighted by molar-refractivity contribution is 0.157. The van der Waals surface area contributed by atoms with Crippen molar-refractivity contribution in [3.8, 4) is 0 Å². The molecule has 1 aromatic heterocycles. The molecule has 108 valence electrons. The Kier molecular flexibility index (Phi) is 4.06. The molecule has 0 N–H and O–H groups in total. The number of hydrogen-bond donors (Lipinski definition) is 0. The summed E-state index contributed by atoms with van der Waals surface area (Å²) in [6, 6.07) is 9.22. The normalized spacial score (nSPS) is 20.6. The highest BCUT2D eigenvalue weighted by Gasteiger charge is 2.17. The van der Waals surface area contributed by atoms with E-state index in [2.05, 4.69) is 52.6 Å². The minimum Gasteiger partial charge on any atom is -0.328 e. The highest BCUT2D eigenvalue weighted by atomic mass is 15.2. The van der Waals surface area contributed by atoms with Gasteiger partial charge in [0.2, 0.25) is 0 Å². The van der Waals surface area contributed by atoms with Gasteiger partial charge in [0, 0.05) is 19.1 Å². The Balaban J connectivity index is 1.63. The van der Waals surface area contributed by atoms with Crippen molar-refractivity contribution in [2.75, 3.05) is 13.1 Å². The molecule has 2 aromatic rings. The van der Waals surface area contributed by atoms with E-state index in [1.165, 1.54) is 44.3 Å². The summed E-state index contributed by atoms with van der Waals surface area (Å²) < 4.78 is 2.37. The maximum atomic E-state index is 4.64. The van der Waals surface area contributed by atoms with Crippen LogP contribution >= 0.6 is 0 Å². The van der Waals surface area contributed by atoms with Crippen molar-refractivity contribution in [2.45, 2.75) is 52.1 Å². The minimum absolute atomic E-state index is 0.768. The third-order valence-corrected chi connectivity index (χ3v) is 4.61. The molecule has 0 saturated carbocycles. The van der Waals surface area contributed by atoms with Crippen LogP contribution in [0.2, 0.25) is 0 Å². The van der Waals surface area contributed by atoms with Crippen LogP contribution in [0.1, 0.15) is 38.4 Å². The van der Waals surface area contributed by atoms with E-state index in [-0.39, 0.29) is 0 Å². The summed E-state index contributed by atoms with van der Waals surface area (Å²) in [5, 5.41) is 0. The maximum Gasteiger partial charge on any atom is 0.106 e. The molecule has 3 heteroatoms. The van der Waals surface area contributed by atoms with Gasteiger partial charge in [0.05, 0.1) is 11.0 Å². The van der Waals surface area contributed by atoms with E-state index in [1.54, 1.807) is 0 Å². The fourth-order valence-corrected chi connectivity index (χ4v) is 3.40. The van der Waals surface area contributed by atoms with Gasteiger partial charge in [0.1, 0.15) is 5.82 Å². The van der Waals surface area contributed by atoms with Gasteiger partial charge in [-0.1, -0.05) is 18.6 Å². The van der Waals surface area contributed by atoms with Crippen LogP contribution in [0.15, 0.2) is 24.3 Å². The van der Waals surface area contributed by atoms with Crippen molar-refractivity contribution in [3.05, 3.63) is 30.1 Å². The van der Waals surface area contributed by atoms with Crippen molar-refractivity contribution in [1.82, 2.24) is 14.5 Å². The van der Waals surface area contributed by atoms with Gasteiger partial charge >= 0.3 is 0 Å². The zero-order valence-corrected chi connectivity index (χ0v) is 12.7. The second-order valence-electron chi connectivity index (χ2n) is 6.03. The van der Waals surface area contributed by atoms with Crippen LogP contribution in [0, 0.1) is 6.92 Å². The van der Waals surface area contributed by atoms with Crippen LogP contribution in [0.3, 0.4) is 0 Å². The second-order valence-corrected chi connectivity index (χ2v) is 6.03. The van der Waals surface area contributed by atoms with Crippen molar-refractivity contribution in [3.63, 3.8) is 0 Å². The Morgan fingerprint density at radius 2 is 2.05 bits per heavy atom. The fraction of sp³-hybridized carbons (Fsp3) is 0.588. The van der Waals surface area contributed by atoms with Crippen LogP contribution in [-0.4, -0.2) is 33.6 Å². The number of aromatic nitrogens is 2. The molecule has 1 aromatic carbocycles. The lowest BCUT2D eigenvalue weighted by atomic mass is 10.0. The molecule has 1 aliphatic heterocycles. The predicted molar refractivity (Wildman–Crippen MR) is 84.0 cm³/mol. The number of piperidine rings is 1. The zero-order chi connectivity index (χ0) is 13.9. The van der Waals surface area contributed by atoms with Gasteiger partial charge in [-0.3, -0.25) is 0 Å². The van der Waals surface area contributed by atoms with Crippen molar-refractivity contribution >= 4 is 11.0 Å². The number of hydrogen-bond acceptors (Lipinski definition) is 2. The SMILES string of the molecule is Cc1nc2ccccc2n1CCCN1CCCC[C@@H]1C. The molecule has 0 spiro atoms. The lowest BCUT2D eigenvalue weighted by Gasteiger charge is -2.33. The monoisotopic (exact) mass is 271 g/mol.